The molecular weight excluding hydrogens is 266 g/mol. The Bertz CT molecular complexity index is 496. The second kappa shape index (κ2) is 5.91. The minimum Gasteiger partial charge on any atom is -0.307 e. The first-order valence-corrected chi connectivity index (χ1v) is 8.25. The Morgan fingerprint density at radius 2 is 2.15 bits per heavy atom. The third-order valence-electron chi connectivity index (χ3n) is 5.10. The summed E-state index contributed by atoms with van der Waals surface area (Å²) in [6.45, 7) is 4.60. The van der Waals surface area contributed by atoms with Crippen molar-refractivity contribution in [2.75, 3.05) is 0 Å². The van der Waals surface area contributed by atoms with Gasteiger partial charge in [0, 0.05) is 17.1 Å². The fourth-order valence-electron chi connectivity index (χ4n) is 4.01. The van der Waals surface area contributed by atoms with E-state index >= 15 is 0 Å². The summed E-state index contributed by atoms with van der Waals surface area (Å²) in [5.74, 6) is 2.46. The second-order valence-electron chi connectivity index (χ2n) is 6.42. The zero-order valence-electron chi connectivity index (χ0n) is 12.4. The van der Waals surface area contributed by atoms with Crippen LogP contribution in [0.4, 0.5) is 0 Å². The minimum atomic E-state index is 0.409. The molecule has 1 nitrogen and oxygen atoms in total. The van der Waals surface area contributed by atoms with E-state index < -0.39 is 0 Å². The largest absolute Gasteiger partial charge is 0.307 e. The molecule has 1 fully saturated rings. The van der Waals surface area contributed by atoms with E-state index in [1.54, 1.807) is 0 Å². The van der Waals surface area contributed by atoms with Gasteiger partial charge in [-0.25, -0.2) is 0 Å². The lowest BCUT2D eigenvalue weighted by molar-refractivity contribution is 0.298. The van der Waals surface area contributed by atoms with E-state index in [1.165, 1.54) is 18.4 Å². The van der Waals surface area contributed by atoms with Crippen molar-refractivity contribution in [3.05, 3.63) is 47.0 Å². The molecule has 1 N–H and O–H groups in total. The summed E-state index contributed by atoms with van der Waals surface area (Å²) in [7, 11) is 0. The average Bonchev–Trinajstić information content (AvgIpc) is 3.07. The fourth-order valence-corrected chi connectivity index (χ4v) is 4.21. The molecule has 0 aromatic heterocycles. The molecule has 0 radical (unpaired) electrons. The monoisotopic (exact) mass is 289 g/mol. The summed E-state index contributed by atoms with van der Waals surface area (Å²) in [5.41, 5.74) is 1.31. The van der Waals surface area contributed by atoms with Crippen LogP contribution >= 0.6 is 11.6 Å². The van der Waals surface area contributed by atoms with Crippen LogP contribution in [0.25, 0.3) is 0 Å². The van der Waals surface area contributed by atoms with Gasteiger partial charge < -0.3 is 5.32 Å². The second-order valence-corrected chi connectivity index (χ2v) is 6.85. The van der Waals surface area contributed by atoms with Crippen molar-refractivity contribution in [2.24, 2.45) is 17.8 Å². The normalized spacial score (nSPS) is 30.6. The van der Waals surface area contributed by atoms with Crippen LogP contribution in [0, 0.1) is 17.8 Å². The number of rotatable bonds is 5. The first-order chi connectivity index (χ1) is 9.67. The lowest BCUT2D eigenvalue weighted by Gasteiger charge is -2.30. The number of nitrogens with one attached hydrogen (secondary N) is 1. The topological polar surface area (TPSA) is 12.0 Å². The maximum Gasteiger partial charge on any atom is 0.0409 e. The van der Waals surface area contributed by atoms with Gasteiger partial charge in [0.15, 0.2) is 0 Å². The maximum atomic E-state index is 6.12. The van der Waals surface area contributed by atoms with Crippen LogP contribution in [0.3, 0.4) is 0 Å². The van der Waals surface area contributed by atoms with Crippen molar-refractivity contribution < 1.29 is 0 Å². The molecule has 0 saturated heterocycles. The summed E-state index contributed by atoms with van der Waals surface area (Å²) in [5, 5.41) is 4.68. The van der Waals surface area contributed by atoms with Gasteiger partial charge in [-0.1, -0.05) is 42.8 Å². The number of fused-ring (bicyclic) bond motifs is 2. The van der Waals surface area contributed by atoms with Crippen LogP contribution < -0.4 is 5.32 Å². The molecule has 2 aliphatic rings. The number of hydrogen-bond donors (Lipinski definition) is 1. The Kier molecular flexibility index (Phi) is 4.18. The SMILES string of the molecule is CCC(NC(C)C1CC2C=CC1C2)c1cccc(Cl)c1. The molecule has 0 heterocycles. The Labute approximate surface area is 127 Å². The fraction of sp³-hybridized carbons (Fsp3) is 0.556. The Morgan fingerprint density at radius 1 is 1.30 bits per heavy atom. The van der Waals surface area contributed by atoms with E-state index in [9.17, 15) is 0 Å². The number of halogens is 1. The van der Waals surface area contributed by atoms with Gasteiger partial charge in [-0.05, 0) is 61.6 Å². The van der Waals surface area contributed by atoms with E-state index in [0.717, 1.165) is 29.2 Å². The van der Waals surface area contributed by atoms with Crippen LogP contribution in [0.2, 0.25) is 5.02 Å². The van der Waals surface area contributed by atoms with E-state index in [0.29, 0.717) is 12.1 Å². The van der Waals surface area contributed by atoms with Crippen molar-refractivity contribution in [2.45, 2.75) is 45.2 Å². The molecule has 0 amide bonds. The lowest BCUT2D eigenvalue weighted by atomic mass is 9.86. The molecule has 1 aromatic rings. The van der Waals surface area contributed by atoms with E-state index in [-0.39, 0.29) is 0 Å². The van der Waals surface area contributed by atoms with E-state index in [4.69, 9.17) is 11.6 Å². The zero-order valence-corrected chi connectivity index (χ0v) is 13.1. The third-order valence-corrected chi connectivity index (χ3v) is 5.33. The summed E-state index contributed by atoms with van der Waals surface area (Å²) < 4.78 is 0. The van der Waals surface area contributed by atoms with Crippen molar-refractivity contribution in [3.8, 4) is 0 Å². The quantitative estimate of drug-likeness (QED) is 0.754. The summed E-state index contributed by atoms with van der Waals surface area (Å²) >= 11 is 6.12. The van der Waals surface area contributed by atoms with Gasteiger partial charge in [-0.2, -0.15) is 0 Å². The number of allylic oxidation sites excluding steroid dienone is 2. The highest BCUT2D eigenvalue weighted by Crippen LogP contribution is 2.45. The molecule has 2 bridgehead atoms. The van der Waals surface area contributed by atoms with Gasteiger partial charge in [0.2, 0.25) is 0 Å². The van der Waals surface area contributed by atoms with Gasteiger partial charge >= 0.3 is 0 Å². The molecule has 0 spiro atoms. The Balaban J connectivity index is 1.67. The molecular formula is C18H24ClN. The lowest BCUT2D eigenvalue weighted by Crippen LogP contribution is -2.38. The van der Waals surface area contributed by atoms with Crippen LogP contribution in [0.15, 0.2) is 36.4 Å². The first-order valence-electron chi connectivity index (χ1n) is 7.87. The smallest absolute Gasteiger partial charge is 0.0409 e. The highest BCUT2D eigenvalue weighted by Gasteiger charge is 2.38. The molecule has 5 atom stereocenters. The average molecular weight is 290 g/mol. The number of hydrogen-bond acceptors (Lipinski definition) is 1. The minimum absolute atomic E-state index is 0.409. The molecule has 1 saturated carbocycles. The van der Waals surface area contributed by atoms with Gasteiger partial charge in [0.1, 0.15) is 0 Å². The van der Waals surface area contributed by atoms with Gasteiger partial charge in [-0.3, -0.25) is 0 Å². The van der Waals surface area contributed by atoms with Gasteiger partial charge in [0.05, 0.1) is 0 Å². The zero-order chi connectivity index (χ0) is 14.1. The summed E-state index contributed by atoms with van der Waals surface area (Å²) in [4.78, 5) is 0. The van der Waals surface area contributed by atoms with E-state index in [1.807, 2.05) is 12.1 Å². The standard InChI is InChI=1S/C18H24ClN/c1-3-18(15-5-4-6-16(19)11-15)20-12(2)17-10-13-7-8-14(17)9-13/h4-8,11-14,17-18,20H,3,9-10H2,1-2H3. The third kappa shape index (κ3) is 2.80. The molecule has 0 aliphatic heterocycles. The van der Waals surface area contributed by atoms with Crippen molar-refractivity contribution >= 4 is 11.6 Å². The number of benzene rings is 1. The van der Waals surface area contributed by atoms with Crippen LogP contribution in [-0.4, -0.2) is 6.04 Å². The van der Waals surface area contributed by atoms with Crippen molar-refractivity contribution in [1.82, 2.24) is 5.32 Å². The molecule has 2 aliphatic carbocycles. The predicted molar refractivity (Wildman–Crippen MR) is 85.9 cm³/mol. The predicted octanol–water partition coefficient (Wildman–Crippen LogP) is 4.98. The van der Waals surface area contributed by atoms with Crippen LogP contribution in [0.5, 0.6) is 0 Å². The molecule has 3 rings (SSSR count). The van der Waals surface area contributed by atoms with E-state index in [2.05, 4.69) is 43.4 Å². The maximum absolute atomic E-state index is 6.12. The molecule has 1 aromatic carbocycles. The van der Waals surface area contributed by atoms with Crippen LogP contribution in [0.1, 0.15) is 44.7 Å². The first kappa shape index (κ1) is 14.2. The summed E-state index contributed by atoms with van der Waals surface area (Å²) in [6, 6.07) is 9.25. The molecule has 2 heteroatoms. The van der Waals surface area contributed by atoms with Gasteiger partial charge in [-0.15, -0.1) is 0 Å². The van der Waals surface area contributed by atoms with Crippen molar-refractivity contribution in [3.63, 3.8) is 0 Å². The molecule has 108 valence electrons. The Morgan fingerprint density at radius 3 is 2.75 bits per heavy atom. The van der Waals surface area contributed by atoms with Gasteiger partial charge in [0.25, 0.3) is 0 Å². The van der Waals surface area contributed by atoms with Crippen molar-refractivity contribution in [1.29, 1.82) is 0 Å². The summed E-state index contributed by atoms with van der Waals surface area (Å²) in [6.07, 6.45) is 8.70. The Hall–Kier alpha value is -0.790. The molecule has 20 heavy (non-hydrogen) atoms. The highest BCUT2D eigenvalue weighted by molar-refractivity contribution is 6.30. The highest BCUT2D eigenvalue weighted by atomic mass is 35.5. The molecule has 5 unspecified atom stereocenters. The van der Waals surface area contributed by atoms with Crippen LogP contribution in [-0.2, 0) is 0 Å².